The molecular formula is C11H11Cl2FN4O2S. The van der Waals surface area contributed by atoms with E-state index in [1.54, 1.807) is 14.0 Å². The number of nitrogens with two attached hydrogens (primary N) is 1. The van der Waals surface area contributed by atoms with Gasteiger partial charge in [-0.3, -0.25) is 9.40 Å². The summed E-state index contributed by atoms with van der Waals surface area (Å²) < 4.78 is 41.4. The number of nitrogens with one attached hydrogen (secondary N) is 1. The van der Waals surface area contributed by atoms with Crippen molar-refractivity contribution in [1.82, 2.24) is 9.78 Å². The molecule has 21 heavy (non-hydrogen) atoms. The van der Waals surface area contributed by atoms with Gasteiger partial charge in [0.2, 0.25) is 0 Å². The zero-order valence-electron chi connectivity index (χ0n) is 11.0. The summed E-state index contributed by atoms with van der Waals surface area (Å²) in [5.74, 6) is -0.832. The lowest BCUT2D eigenvalue weighted by Crippen LogP contribution is -2.16. The van der Waals surface area contributed by atoms with Gasteiger partial charge < -0.3 is 5.73 Å². The molecule has 0 amide bonds. The van der Waals surface area contributed by atoms with Crippen molar-refractivity contribution in [3.05, 3.63) is 33.7 Å². The third-order valence-electron chi connectivity index (χ3n) is 2.82. The van der Waals surface area contributed by atoms with Crippen LogP contribution in [0, 0.1) is 12.7 Å². The summed E-state index contributed by atoms with van der Waals surface area (Å²) >= 11 is 11.6. The Morgan fingerprint density at radius 3 is 2.29 bits per heavy atom. The van der Waals surface area contributed by atoms with E-state index in [2.05, 4.69) is 9.82 Å². The van der Waals surface area contributed by atoms with Crippen LogP contribution in [0.1, 0.15) is 5.69 Å². The molecule has 0 saturated heterocycles. The lowest BCUT2D eigenvalue weighted by molar-refractivity contribution is 0.600. The molecule has 1 aromatic heterocycles. The Kier molecular flexibility index (Phi) is 4.05. The van der Waals surface area contributed by atoms with Crippen LogP contribution in [0.25, 0.3) is 0 Å². The highest BCUT2D eigenvalue weighted by atomic mass is 35.5. The van der Waals surface area contributed by atoms with Crippen LogP contribution in [-0.4, -0.2) is 18.2 Å². The van der Waals surface area contributed by atoms with Crippen LogP contribution in [0.3, 0.4) is 0 Å². The van der Waals surface area contributed by atoms with Crippen LogP contribution in [0.15, 0.2) is 17.0 Å². The van der Waals surface area contributed by atoms with Crippen LogP contribution >= 0.6 is 23.2 Å². The number of hydrogen-bond donors (Lipinski definition) is 2. The van der Waals surface area contributed by atoms with Gasteiger partial charge in [-0.1, -0.05) is 23.2 Å². The van der Waals surface area contributed by atoms with E-state index in [1.165, 1.54) is 4.68 Å². The molecule has 2 rings (SSSR count). The normalized spacial score (nSPS) is 11.7. The number of aromatic nitrogens is 2. The maximum atomic E-state index is 13.1. The van der Waals surface area contributed by atoms with Crippen molar-refractivity contribution >= 4 is 44.7 Å². The molecule has 1 aromatic carbocycles. The van der Waals surface area contributed by atoms with Gasteiger partial charge in [0.15, 0.2) is 10.7 Å². The SMILES string of the molecule is Cc1c(S(=O)(=O)Nc2c(Cl)cc(F)cc2Cl)c(N)nn1C. The molecule has 114 valence electrons. The number of halogens is 3. The highest BCUT2D eigenvalue weighted by molar-refractivity contribution is 7.93. The second kappa shape index (κ2) is 5.36. The van der Waals surface area contributed by atoms with Crippen molar-refractivity contribution in [3.63, 3.8) is 0 Å². The number of aryl methyl sites for hydroxylation is 1. The maximum absolute atomic E-state index is 13.1. The highest BCUT2D eigenvalue weighted by Gasteiger charge is 2.26. The van der Waals surface area contributed by atoms with Gasteiger partial charge in [-0.05, 0) is 19.1 Å². The van der Waals surface area contributed by atoms with Crippen molar-refractivity contribution < 1.29 is 12.8 Å². The topological polar surface area (TPSA) is 90.0 Å². The molecule has 6 nitrogen and oxygen atoms in total. The van der Waals surface area contributed by atoms with Gasteiger partial charge >= 0.3 is 0 Å². The van der Waals surface area contributed by atoms with Gasteiger partial charge in [0.1, 0.15) is 5.82 Å². The Balaban J connectivity index is 2.53. The van der Waals surface area contributed by atoms with Crippen molar-refractivity contribution in [2.75, 3.05) is 10.5 Å². The number of hydrogen-bond acceptors (Lipinski definition) is 4. The number of nitrogens with zero attached hydrogens (tertiary/aromatic N) is 2. The molecule has 0 spiro atoms. The highest BCUT2D eigenvalue weighted by Crippen LogP contribution is 2.34. The Bertz CT molecular complexity index is 797. The lowest BCUT2D eigenvalue weighted by Gasteiger charge is -2.11. The summed E-state index contributed by atoms with van der Waals surface area (Å²) in [6.45, 7) is 1.55. The summed E-state index contributed by atoms with van der Waals surface area (Å²) in [5.41, 5.74) is 5.82. The third-order valence-corrected chi connectivity index (χ3v) is 4.93. The van der Waals surface area contributed by atoms with E-state index in [9.17, 15) is 12.8 Å². The molecule has 0 aliphatic heterocycles. The van der Waals surface area contributed by atoms with Crippen molar-refractivity contribution in [2.24, 2.45) is 7.05 Å². The van der Waals surface area contributed by atoms with Crippen molar-refractivity contribution in [2.45, 2.75) is 11.8 Å². The van der Waals surface area contributed by atoms with E-state index in [-0.39, 0.29) is 26.4 Å². The molecular weight excluding hydrogens is 342 g/mol. The van der Waals surface area contributed by atoms with E-state index < -0.39 is 15.8 Å². The first-order valence-corrected chi connectivity index (χ1v) is 7.84. The van der Waals surface area contributed by atoms with E-state index in [0.717, 1.165) is 12.1 Å². The minimum atomic E-state index is -4.06. The van der Waals surface area contributed by atoms with E-state index >= 15 is 0 Å². The molecule has 0 aliphatic carbocycles. The van der Waals surface area contributed by atoms with Crippen LogP contribution in [0.2, 0.25) is 10.0 Å². The average molecular weight is 353 g/mol. The standard InChI is InChI=1S/C11H11Cl2FN4O2S/c1-5-10(11(15)16-18(5)2)21(19,20)17-9-7(12)3-6(14)4-8(9)13/h3-4,17H,1-2H3,(H2,15,16). The number of sulfonamides is 1. The molecule has 0 atom stereocenters. The third kappa shape index (κ3) is 2.92. The number of nitrogen functional groups attached to an aromatic ring is 1. The van der Waals surface area contributed by atoms with Gasteiger partial charge in [0.25, 0.3) is 10.0 Å². The molecule has 0 bridgehead atoms. The molecule has 0 saturated carbocycles. The van der Waals surface area contributed by atoms with Crippen LogP contribution in [0.5, 0.6) is 0 Å². The maximum Gasteiger partial charge on any atom is 0.267 e. The molecule has 0 fully saturated rings. The molecule has 3 N–H and O–H groups in total. The van der Waals surface area contributed by atoms with Crippen molar-refractivity contribution in [3.8, 4) is 0 Å². The Morgan fingerprint density at radius 2 is 1.86 bits per heavy atom. The zero-order valence-corrected chi connectivity index (χ0v) is 13.3. The quantitative estimate of drug-likeness (QED) is 0.887. The predicted octanol–water partition coefficient (Wildman–Crippen LogP) is 2.56. The monoisotopic (exact) mass is 352 g/mol. The smallest absolute Gasteiger partial charge is 0.267 e. The average Bonchev–Trinajstić information content (AvgIpc) is 2.58. The fourth-order valence-electron chi connectivity index (χ4n) is 1.77. The largest absolute Gasteiger partial charge is 0.381 e. The summed E-state index contributed by atoms with van der Waals surface area (Å²) in [6.07, 6.45) is 0. The Labute approximate surface area is 130 Å². The summed E-state index contributed by atoms with van der Waals surface area (Å²) in [7, 11) is -2.50. The van der Waals surface area contributed by atoms with Crippen molar-refractivity contribution in [1.29, 1.82) is 0 Å². The first-order chi connectivity index (χ1) is 9.63. The molecule has 0 unspecified atom stereocenters. The first-order valence-electron chi connectivity index (χ1n) is 5.60. The molecule has 10 heteroatoms. The molecule has 1 heterocycles. The number of benzene rings is 1. The van der Waals surface area contributed by atoms with Gasteiger partial charge in [0, 0.05) is 7.05 Å². The van der Waals surface area contributed by atoms with Crippen LogP contribution in [-0.2, 0) is 17.1 Å². The van der Waals surface area contributed by atoms with E-state index in [4.69, 9.17) is 28.9 Å². The van der Waals surface area contributed by atoms with Gasteiger partial charge in [0.05, 0.1) is 21.4 Å². The fraction of sp³-hybridized carbons (Fsp3) is 0.182. The number of anilines is 2. The van der Waals surface area contributed by atoms with Crippen LogP contribution < -0.4 is 10.5 Å². The first kappa shape index (κ1) is 15.9. The zero-order chi connectivity index (χ0) is 15.9. The number of rotatable bonds is 3. The Morgan fingerprint density at radius 1 is 1.33 bits per heavy atom. The molecule has 2 aromatic rings. The second-order valence-electron chi connectivity index (χ2n) is 4.27. The predicted molar refractivity (Wildman–Crippen MR) is 79.6 cm³/mol. The minimum absolute atomic E-state index is 0.123. The molecule has 0 radical (unpaired) electrons. The van der Waals surface area contributed by atoms with Crippen LogP contribution in [0.4, 0.5) is 15.9 Å². The van der Waals surface area contributed by atoms with E-state index in [0.29, 0.717) is 5.69 Å². The lowest BCUT2D eigenvalue weighted by atomic mass is 10.3. The Hall–Kier alpha value is -1.51. The van der Waals surface area contributed by atoms with Gasteiger partial charge in [-0.15, -0.1) is 0 Å². The molecule has 0 aliphatic rings. The minimum Gasteiger partial charge on any atom is -0.381 e. The second-order valence-corrected chi connectivity index (χ2v) is 6.71. The summed E-state index contributed by atoms with van der Waals surface area (Å²) in [5, 5.41) is 3.50. The van der Waals surface area contributed by atoms with E-state index in [1.807, 2.05) is 0 Å². The van der Waals surface area contributed by atoms with Gasteiger partial charge in [-0.2, -0.15) is 5.10 Å². The van der Waals surface area contributed by atoms with Gasteiger partial charge in [-0.25, -0.2) is 12.8 Å². The summed E-state index contributed by atoms with van der Waals surface area (Å²) in [6, 6.07) is 1.90. The summed E-state index contributed by atoms with van der Waals surface area (Å²) in [4.78, 5) is -0.179. The fourth-order valence-corrected chi connectivity index (χ4v) is 3.87.